The molecule has 0 saturated carbocycles. The predicted octanol–water partition coefficient (Wildman–Crippen LogP) is 6.13. The van der Waals surface area contributed by atoms with Crippen LogP contribution in [0.5, 0.6) is 17.2 Å². The number of phenols is 2. The normalized spacial score (nSPS) is 10.3. The fraction of sp³-hybridized carbons (Fsp3) is 0.192. The topological polar surface area (TPSA) is 73.5 Å². The first kappa shape index (κ1) is 21.0. The Morgan fingerprint density at radius 1 is 0.867 bits per heavy atom. The molecule has 0 aromatic heterocycles. The molecule has 152 valence electrons. The molecule has 0 bridgehead atoms. The van der Waals surface area contributed by atoms with E-state index in [1.54, 1.807) is 37.4 Å². The van der Waals surface area contributed by atoms with Crippen molar-refractivity contribution >= 4 is 11.1 Å². The molecule has 0 atom stereocenters. The van der Waals surface area contributed by atoms with E-state index in [2.05, 4.69) is 13.0 Å². The van der Waals surface area contributed by atoms with Crippen molar-refractivity contribution in [2.75, 3.05) is 7.11 Å². The van der Waals surface area contributed by atoms with E-state index >= 15 is 0 Å². The Labute approximate surface area is 177 Å². The number of rotatable bonds is 7. The van der Waals surface area contributed by atoms with Crippen LogP contribution in [0.25, 0.3) is 11.1 Å². The number of phenolic OH excluding ortho intramolecular Hbond substituents is 2. The Morgan fingerprint density at radius 2 is 1.40 bits per heavy atom. The second-order valence-corrected chi connectivity index (χ2v) is 7.08. The molecule has 0 heterocycles. The third-order valence-corrected chi connectivity index (χ3v) is 5.06. The standard InChI is InChI=1S/C26H25NO3/c1-3-4-5-24(20-6-7-21(17-27)25(16-20)30-2)26(18-8-12-22(28)13-9-18)19-10-14-23(29)15-11-19/h6-16,28-29H,3-5H2,1-2H3. The molecule has 0 fully saturated rings. The molecule has 3 aromatic carbocycles. The molecule has 0 amide bonds. The van der Waals surface area contributed by atoms with Crippen LogP contribution in [0.2, 0.25) is 0 Å². The number of unbranched alkanes of at least 4 members (excludes halogenated alkanes) is 1. The van der Waals surface area contributed by atoms with E-state index in [-0.39, 0.29) is 11.5 Å². The van der Waals surface area contributed by atoms with E-state index in [9.17, 15) is 15.5 Å². The number of nitrogens with zero attached hydrogens (tertiary/aromatic N) is 1. The maximum Gasteiger partial charge on any atom is 0.137 e. The molecule has 3 rings (SSSR count). The highest BCUT2D eigenvalue weighted by Crippen LogP contribution is 2.38. The van der Waals surface area contributed by atoms with Gasteiger partial charge in [0.05, 0.1) is 12.7 Å². The van der Waals surface area contributed by atoms with E-state index in [1.165, 1.54) is 0 Å². The Bertz CT molecular complexity index is 1030. The summed E-state index contributed by atoms with van der Waals surface area (Å²) in [6.45, 7) is 2.15. The molecule has 0 saturated heterocycles. The van der Waals surface area contributed by atoms with Gasteiger partial charge in [-0.1, -0.05) is 43.7 Å². The molecule has 0 aliphatic heterocycles. The summed E-state index contributed by atoms with van der Waals surface area (Å²) in [5.41, 5.74) is 5.55. The first-order valence-electron chi connectivity index (χ1n) is 9.97. The van der Waals surface area contributed by atoms with E-state index in [0.717, 1.165) is 47.1 Å². The molecule has 0 aliphatic rings. The molecule has 0 aliphatic carbocycles. The van der Waals surface area contributed by atoms with Gasteiger partial charge in [-0.25, -0.2) is 0 Å². The Hall–Kier alpha value is -3.71. The molecular formula is C26H25NO3. The van der Waals surface area contributed by atoms with Crippen molar-refractivity contribution < 1.29 is 14.9 Å². The zero-order valence-corrected chi connectivity index (χ0v) is 17.2. The van der Waals surface area contributed by atoms with Crippen LogP contribution in [0, 0.1) is 11.3 Å². The molecule has 2 N–H and O–H groups in total. The second-order valence-electron chi connectivity index (χ2n) is 7.08. The Balaban J connectivity index is 2.30. The van der Waals surface area contributed by atoms with Crippen molar-refractivity contribution in [2.45, 2.75) is 26.2 Å². The van der Waals surface area contributed by atoms with Crippen molar-refractivity contribution in [3.8, 4) is 23.3 Å². The van der Waals surface area contributed by atoms with Gasteiger partial charge in [-0.2, -0.15) is 5.26 Å². The summed E-state index contributed by atoms with van der Waals surface area (Å²) in [4.78, 5) is 0. The monoisotopic (exact) mass is 399 g/mol. The molecule has 4 nitrogen and oxygen atoms in total. The van der Waals surface area contributed by atoms with Gasteiger partial charge in [0, 0.05) is 0 Å². The molecule has 0 spiro atoms. The summed E-state index contributed by atoms with van der Waals surface area (Å²) in [5.74, 6) is 0.956. The van der Waals surface area contributed by atoms with E-state index in [4.69, 9.17) is 4.74 Å². The lowest BCUT2D eigenvalue weighted by Gasteiger charge is -2.18. The smallest absolute Gasteiger partial charge is 0.137 e. The maximum atomic E-state index is 9.77. The van der Waals surface area contributed by atoms with Gasteiger partial charge in [-0.3, -0.25) is 0 Å². The number of allylic oxidation sites excluding steroid dienone is 1. The number of ether oxygens (including phenoxy) is 1. The predicted molar refractivity (Wildman–Crippen MR) is 119 cm³/mol. The van der Waals surface area contributed by atoms with Crippen LogP contribution in [0.3, 0.4) is 0 Å². The minimum absolute atomic E-state index is 0.207. The summed E-state index contributed by atoms with van der Waals surface area (Å²) in [6.07, 6.45) is 2.87. The third-order valence-electron chi connectivity index (χ3n) is 5.06. The van der Waals surface area contributed by atoms with Gasteiger partial charge < -0.3 is 14.9 Å². The van der Waals surface area contributed by atoms with Crippen molar-refractivity contribution in [2.24, 2.45) is 0 Å². The van der Waals surface area contributed by atoms with Gasteiger partial charge in [-0.05, 0) is 77.1 Å². The highest BCUT2D eigenvalue weighted by molar-refractivity contribution is 5.99. The highest BCUT2D eigenvalue weighted by atomic mass is 16.5. The largest absolute Gasteiger partial charge is 0.508 e. The number of hydrogen-bond donors (Lipinski definition) is 2. The maximum absolute atomic E-state index is 9.77. The lowest BCUT2D eigenvalue weighted by atomic mass is 9.86. The number of methoxy groups -OCH3 is 1. The van der Waals surface area contributed by atoms with Gasteiger partial charge in [-0.15, -0.1) is 0 Å². The first-order valence-corrected chi connectivity index (χ1v) is 9.97. The van der Waals surface area contributed by atoms with Crippen molar-refractivity contribution in [1.82, 2.24) is 0 Å². The lowest BCUT2D eigenvalue weighted by Crippen LogP contribution is -1.98. The van der Waals surface area contributed by atoms with Crippen LogP contribution in [0.15, 0.2) is 66.7 Å². The fourth-order valence-corrected chi connectivity index (χ4v) is 3.51. The van der Waals surface area contributed by atoms with Crippen LogP contribution in [-0.4, -0.2) is 17.3 Å². The third kappa shape index (κ3) is 4.64. The SMILES string of the molecule is CCCCC(=C(c1ccc(O)cc1)c1ccc(O)cc1)c1ccc(C#N)c(OC)c1. The van der Waals surface area contributed by atoms with Crippen molar-refractivity contribution in [1.29, 1.82) is 5.26 Å². The summed E-state index contributed by atoms with van der Waals surface area (Å²) in [6, 6.07) is 22.1. The number of benzene rings is 3. The van der Waals surface area contributed by atoms with E-state index < -0.39 is 0 Å². The van der Waals surface area contributed by atoms with Crippen LogP contribution >= 0.6 is 0 Å². The minimum Gasteiger partial charge on any atom is -0.508 e. The second kappa shape index (κ2) is 9.67. The van der Waals surface area contributed by atoms with Crippen LogP contribution in [0.1, 0.15) is 48.4 Å². The highest BCUT2D eigenvalue weighted by Gasteiger charge is 2.16. The minimum atomic E-state index is 0.207. The van der Waals surface area contributed by atoms with Gasteiger partial charge >= 0.3 is 0 Å². The van der Waals surface area contributed by atoms with Crippen molar-refractivity contribution in [3.63, 3.8) is 0 Å². The number of nitriles is 1. The molecule has 3 aromatic rings. The van der Waals surface area contributed by atoms with Crippen molar-refractivity contribution in [3.05, 3.63) is 89.0 Å². The summed E-state index contributed by atoms with van der Waals surface area (Å²) in [5, 5.41) is 28.9. The molecular weight excluding hydrogens is 374 g/mol. The number of aromatic hydroxyl groups is 2. The van der Waals surface area contributed by atoms with E-state index in [0.29, 0.717) is 11.3 Å². The molecule has 0 radical (unpaired) electrons. The zero-order valence-electron chi connectivity index (χ0n) is 17.2. The summed E-state index contributed by atoms with van der Waals surface area (Å²) < 4.78 is 5.44. The quantitative estimate of drug-likeness (QED) is 0.469. The zero-order chi connectivity index (χ0) is 21.5. The fourth-order valence-electron chi connectivity index (χ4n) is 3.51. The van der Waals surface area contributed by atoms with Crippen LogP contribution < -0.4 is 4.74 Å². The average Bonchev–Trinajstić information content (AvgIpc) is 2.78. The summed E-state index contributed by atoms with van der Waals surface area (Å²) >= 11 is 0. The molecule has 30 heavy (non-hydrogen) atoms. The first-order chi connectivity index (χ1) is 14.6. The molecule has 0 unspecified atom stereocenters. The van der Waals surface area contributed by atoms with Gasteiger partial charge in [0.15, 0.2) is 0 Å². The van der Waals surface area contributed by atoms with Gasteiger partial charge in [0.2, 0.25) is 0 Å². The summed E-state index contributed by atoms with van der Waals surface area (Å²) in [7, 11) is 1.57. The lowest BCUT2D eigenvalue weighted by molar-refractivity contribution is 0.413. The Kier molecular flexibility index (Phi) is 6.77. The van der Waals surface area contributed by atoms with Gasteiger partial charge in [0.25, 0.3) is 0 Å². The van der Waals surface area contributed by atoms with Gasteiger partial charge in [0.1, 0.15) is 23.3 Å². The van der Waals surface area contributed by atoms with Crippen LogP contribution in [-0.2, 0) is 0 Å². The number of hydrogen-bond acceptors (Lipinski definition) is 4. The molecule has 4 heteroatoms. The van der Waals surface area contributed by atoms with Crippen LogP contribution in [0.4, 0.5) is 0 Å². The average molecular weight is 399 g/mol. The Morgan fingerprint density at radius 3 is 1.87 bits per heavy atom. The van der Waals surface area contributed by atoms with E-state index in [1.807, 2.05) is 36.4 Å².